The molecule has 0 aromatic heterocycles. The SMILES string of the molecule is CC[C@@]1(C)COC(=O)[C@]12O[C@]1(c3ccccc3)[C@H](C2=O)[C@H]2[C@H]([C@H](C)CCC=C(C)C)CC=C(C)[C@H]21. The molecule has 4 aliphatic rings. The summed E-state index contributed by atoms with van der Waals surface area (Å²) in [7, 11) is 0. The third-order valence-electron chi connectivity index (χ3n) is 9.91. The van der Waals surface area contributed by atoms with Crippen LogP contribution < -0.4 is 0 Å². The van der Waals surface area contributed by atoms with Crippen LogP contribution >= 0.6 is 0 Å². The van der Waals surface area contributed by atoms with Gasteiger partial charge in [-0.25, -0.2) is 4.79 Å². The molecule has 1 aromatic rings. The van der Waals surface area contributed by atoms with Gasteiger partial charge in [0.05, 0.1) is 5.92 Å². The standard InChI is InChI=1S/C31H40O4/c1-7-29(6)18-34-28(33)31(29)27(32)26-24-23(20(4)13-11-12-19(2)3)17-16-21(5)25(24)30(26,35-31)22-14-9-8-10-15-22/h8-10,12,14-16,20,23-26H,7,11,13,17-18H2,1-6H3/t20-,23+,24+,25-,26+,29+,30+,31+/m1/s1. The largest absolute Gasteiger partial charge is 0.462 e. The minimum atomic E-state index is -1.52. The van der Waals surface area contributed by atoms with Crippen LogP contribution in [-0.2, 0) is 24.7 Å². The van der Waals surface area contributed by atoms with E-state index in [2.05, 4.69) is 52.0 Å². The zero-order valence-electron chi connectivity index (χ0n) is 22.1. The molecular formula is C31H40O4. The molecule has 0 radical (unpaired) electrons. The van der Waals surface area contributed by atoms with Crippen molar-refractivity contribution in [2.75, 3.05) is 6.61 Å². The molecule has 8 atom stereocenters. The van der Waals surface area contributed by atoms with Crippen LogP contribution in [0.3, 0.4) is 0 Å². The van der Waals surface area contributed by atoms with Gasteiger partial charge in [-0.2, -0.15) is 0 Å². The molecule has 188 valence electrons. The predicted octanol–water partition coefficient (Wildman–Crippen LogP) is 6.40. The molecular weight excluding hydrogens is 436 g/mol. The molecule has 0 amide bonds. The lowest BCUT2D eigenvalue weighted by atomic mass is 9.42. The molecule has 1 aromatic carbocycles. The van der Waals surface area contributed by atoms with Gasteiger partial charge in [-0.15, -0.1) is 0 Å². The number of carbonyl (C=O) groups excluding carboxylic acids is 2. The van der Waals surface area contributed by atoms with Crippen LogP contribution in [0.25, 0.3) is 0 Å². The van der Waals surface area contributed by atoms with E-state index < -0.39 is 22.6 Å². The first-order valence-corrected chi connectivity index (χ1v) is 13.4. The van der Waals surface area contributed by atoms with E-state index in [-0.39, 0.29) is 30.1 Å². The lowest BCUT2D eigenvalue weighted by Gasteiger charge is -2.62. The highest BCUT2D eigenvalue weighted by atomic mass is 16.6. The number of rotatable bonds is 6. The zero-order chi connectivity index (χ0) is 25.2. The smallest absolute Gasteiger partial charge is 0.347 e. The van der Waals surface area contributed by atoms with E-state index in [1.165, 1.54) is 11.1 Å². The molecule has 4 heteroatoms. The maximum atomic E-state index is 14.5. The monoisotopic (exact) mass is 476 g/mol. The quantitative estimate of drug-likeness (QED) is 0.271. The summed E-state index contributed by atoms with van der Waals surface area (Å²) in [5.41, 5.74) is 0.668. The fourth-order valence-electron chi connectivity index (χ4n) is 7.77. The Labute approximate surface area is 210 Å². The number of hydrogen-bond acceptors (Lipinski definition) is 4. The zero-order valence-corrected chi connectivity index (χ0v) is 22.1. The van der Waals surface area contributed by atoms with Crippen LogP contribution in [0.5, 0.6) is 0 Å². The lowest BCUT2D eigenvalue weighted by Crippen LogP contribution is -2.64. The Hall–Kier alpha value is -2.20. The minimum Gasteiger partial charge on any atom is -0.462 e. The number of carbonyl (C=O) groups is 2. The molecule has 1 saturated carbocycles. The molecule has 4 nitrogen and oxygen atoms in total. The van der Waals surface area contributed by atoms with Gasteiger partial charge in [0.1, 0.15) is 12.2 Å². The van der Waals surface area contributed by atoms with Crippen LogP contribution in [0.4, 0.5) is 0 Å². The van der Waals surface area contributed by atoms with Gasteiger partial charge in [0, 0.05) is 11.3 Å². The normalized spacial score (nSPS) is 40.5. The van der Waals surface area contributed by atoms with Crippen molar-refractivity contribution >= 4 is 11.8 Å². The number of Topliss-reactive ketones (excluding diaryl/α,β-unsaturated/α-hetero) is 1. The van der Waals surface area contributed by atoms with Crippen molar-refractivity contribution in [2.45, 2.75) is 78.4 Å². The van der Waals surface area contributed by atoms with Gasteiger partial charge in [-0.05, 0) is 69.8 Å². The van der Waals surface area contributed by atoms with Crippen molar-refractivity contribution in [3.63, 3.8) is 0 Å². The summed E-state index contributed by atoms with van der Waals surface area (Å²) in [6, 6.07) is 10.2. The van der Waals surface area contributed by atoms with E-state index in [1.54, 1.807) is 0 Å². The van der Waals surface area contributed by atoms with Gasteiger partial charge in [-0.3, -0.25) is 4.79 Å². The molecule has 5 rings (SSSR count). The number of allylic oxidation sites excluding steroid dienone is 3. The predicted molar refractivity (Wildman–Crippen MR) is 136 cm³/mol. The second-order valence-electron chi connectivity index (χ2n) is 12.0. The van der Waals surface area contributed by atoms with Gasteiger partial charge in [-0.1, -0.05) is 74.4 Å². The molecule has 35 heavy (non-hydrogen) atoms. The van der Waals surface area contributed by atoms with Crippen molar-refractivity contribution < 1.29 is 19.1 Å². The summed E-state index contributed by atoms with van der Waals surface area (Å²) >= 11 is 0. The fourth-order valence-corrected chi connectivity index (χ4v) is 7.77. The highest BCUT2D eigenvalue weighted by Gasteiger charge is 2.83. The summed E-state index contributed by atoms with van der Waals surface area (Å²) in [6.07, 6.45) is 8.48. The summed E-state index contributed by atoms with van der Waals surface area (Å²) in [5.74, 6) is 0.304. The van der Waals surface area contributed by atoms with Crippen LogP contribution in [0.15, 0.2) is 53.6 Å². The fraction of sp³-hybridized carbons (Fsp3) is 0.613. The number of esters is 1. The molecule has 0 bridgehead atoms. The third kappa shape index (κ3) is 3.14. The Morgan fingerprint density at radius 3 is 2.54 bits per heavy atom. The molecule has 2 heterocycles. The molecule has 0 N–H and O–H groups in total. The van der Waals surface area contributed by atoms with Gasteiger partial charge < -0.3 is 9.47 Å². The highest BCUT2D eigenvalue weighted by molar-refractivity contribution is 6.13. The Morgan fingerprint density at radius 1 is 1.17 bits per heavy atom. The van der Waals surface area contributed by atoms with Crippen molar-refractivity contribution in [3.8, 4) is 0 Å². The van der Waals surface area contributed by atoms with E-state index in [9.17, 15) is 9.59 Å². The maximum absolute atomic E-state index is 14.5. The van der Waals surface area contributed by atoms with Crippen molar-refractivity contribution in [2.24, 2.45) is 35.0 Å². The Bertz CT molecular complexity index is 1080. The number of benzene rings is 1. The van der Waals surface area contributed by atoms with Crippen molar-refractivity contribution in [3.05, 3.63) is 59.2 Å². The van der Waals surface area contributed by atoms with E-state index in [4.69, 9.17) is 9.47 Å². The maximum Gasteiger partial charge on any atom is 0.347 e. The average Bonchev–Trinajstić information content (AvgIpc) is 3.22. The van der Waals surface area contributed by atoms with Crippen LogP contribution in [-0.4, -0.2) is 24.0 Å². The summed E-state index contributed by atoms with van der Waals surface area (Å²) in [6.45, 7) is 13.1. The third-order valence-corrected chi connectivity index (χ3v) is 9.91. The van der Waals surface area contributed by atoms with Crippen LogP contribution in [0, 0.1) is 35.0 Å². The first-order chi connectivity index (χ1) is 16.6. The second-order valence-corrected chi connectivity index (χ2v) is 12.0. The summed E-state index contributed by atoms with van der Waals surface area (Å²) < 4.78 is 12.6. The molecule has 0 unspecified atom stereocenters. The number of ether oxygens (including phenoxy) is 2. The molecule has 1 spiro atoms. The van der Waals surface area contributed by atoms with Crippen molar-refractivity contribution in [1.29, 1.82) is 0 Å². The van der Waals surface area contributed by atoms with E-state index >= 15 is 0 Å². The first-order valence-electron chi connectivity index (χ1n) is 13.4. The molecule has 3 fully saturated rings. The number of hydrogen-bond donors (Lipinski definition) is 0. The van der Waals surface area contributed by atoms with Gasteiger partial charge in [0.15, 0.2) is 5.78 Å². The van der Waals surface area contributed by atoms with Crippen LogP contribution in [0.2, 0.25) is 0 Å². The lowest BCUT2D eigenvalue weighted by molar-refractivity contribution is -0.238. The second kappa shape index (κ2) is 8.44. The number of cyclic esters (lactones) is 1. The summed E-state index contributed by atoms with van der Waals surface area (Å²) in [4.78, 5) is 27.9. The Balaban J connectivity index is 1.62. The first kappa shape index (κ1) is 24.5. The number of ketones is 1. The molecule has 2 aliphatic heterocycles. The molecule has 2 saturated heterocycles. The minimum absolute atomic E-state index is 0.0364. The Kier molecular flexibility index (Phi) is 5.90. The average molecular weight is 477 g/mol. The van der Waals surface area contributed by atoms with Gasteiger partial charge in [0.2, 0.25) is 5.60 Å². The van der Waals surface area contributed by atoms with E-state index in [1.807, 2.05) is 32.0 Å². The highest BCUT2D eigenvalue weighted by Crippen LogP contribution is 2.73. The Morgan fingerprint density at radius 2 is 1.89 bits per heavy atom. The van der Waals surface area contributed by atoms with Gasteiger partial charge in [0.25, 0.3) is 0 Å². The summed E-state index contributed by atoms with van der Waals surface area (Å²) in [5, 5.41) is 0. The van der Waals surface area contributed by atoms with E-state index in [0.29, 0.717) is 18.3 Å². The molecule has 2 aliphatic carbocycles. The van der Waals surface area contributed by atoms with E-state index in [0.717, 1.165) is 24.8 Å². The topological polar surface area (TPSA) is 52.6 Å². The number of fused-ring (bicyclic) bond motifs is 4. The van der Waals surface area contributed by atoms with Crippen LogP contribution in [0.1, 0.15) is 72.8 Å². The van der Waals surface area contributed by atoms with Gasteiger partial charge >= 0.3 is 5.97 Å². The van der Waals surface area contributed by atoms with Crippen molar-refractivity contribution in [1.82, 2.24) is 0 Å².